The van der Waals surface area contributed by atoms with E-state index in [2.05, 4.69) is 50.3 Å². The van der Waals surface area contributed by atoms with E-state index in [1.165, 1.54) is 103 Å². The van der Waals surface area contributed by atoms with E-state index in [9.17, 15) is 19.8 Å². The molecule has 0 aromatic carbocycles. The summed E-state index contributed by atoms with van der Waals surface area (Å²) >= 11 is 0. The fourth-order valence-corrected chi connectivity index (χ4v) is 5.84. The average Bonchev–Trinajstić information content (AvgIpc) is 3.15. The van der Waals surface area contributed by atoms with E-state index in [1.807, 2.05) is 30.4 Å². The van der Waals surface area contributed by atoms with Crippen LogP contribution in [0.5, 0.6) is 0 Å². The molecule has 0 aromatic heterocycles. The Morgan fingerprint density at radius 1 is 0.547 bits per heavy atom. The van der Waals surface area contributed by atoms with Gasteiger partial charge in [0, 0.05) is 12.8 Å². The standard InChI is InChI=1S/C47H80O6/c1-3-5-7-8-9-10-11-12-13-14-15-16-17-20-24-27-30-33-37-41-47(51)53-45(42-48)43-52-46(50)40-36-32-29-26-23-21-18-19-22-25-28-31-35-39-44(49)38-34-6-4-2/h6,19,21-23,28-29,31-32,34-35,39,44-45,48-49H,3-5,7-18,20,24-27,30,33,36-38,40-43H2,1-2H3/b22-19-,23-21-,31-28+,32-29-,34-6-,39-35+/t44?,45-/m0/s1. The van der Waals surface area contributed by atoms with Gasteiger partial charge in [-0.25, -0.2) is 0 Å². The van der Waals surface area contributed by atoms with Gasteiger partial charge in [-0.3, -0.25) is 9.59 Å². The zero-order valence-electron chi connectivity index (χ0n) is 34.1. The van der Waals surface area contributed by atoms with E-state index < -0.39 is 12.2 Å². The Hall–Kier alpha value is -2.70. The van der Waals surface area contributed by atoms with Crippen molar-refractivity contribution < 1.29 is 29.3 Å². The Morgan fingerprint density at radius 3 is 1.55 bits per heavy atom. The van der Waals surface area contributed by atoms with Gasteiger partial charge < -0.3 is 19.7 Å². The number of hydrogen-bond acceptors (Lipinski definition) is 6. The first-order valence-corrected chi connectivity index (χ1v) is 21.6. The Kier molecular flexibility index (Phi) is 39.9. The van der Waals surface area contributed by atoms with Crippen LogP contribution in [-0.4, -0.2) is 47.6 Å². The van der Waals surface area contributed by atoms with E-state index in [-0.39, 0.29) is 31.6 Å². The SMILES string of the molecule is CC/C=C\CC(O)/C=C/C=C/C/C=C\C/C=C\C/C=C\CCC(=O)OC[C@H](CO)OC(=O)CCCCCCCCCCCCCCCCCCCCC. The molecule has 0 fully saturated rings. The van der Waals surface area contributed by atoms with Crippen molar-refractivity contribution in [2.45, 2.75) is 199 Å². The minimum absolute atomic E-state index is 0.118. The molecule has 1 unspecified atom stereocenters. The lowest BCUT2D eigenvalue weighted by Crippen LogP contribution is -2.28. The first-order valence-electron chi connectivity index (χ1n) is 21.6. The number of rotatable bonds is 38. The van der Waals surface area contributed by atoms with Crippen molar-refractivity contribution in [1.29, 1.82) is 0 Å². The summed E-state index contributed by atoms with van der Waals surface area (Å²) in [5, 5.41) is 19.4. The van der Waals surface area contributed by atoms with Gasteiger partial charge >= 0.3 is 11.9 Å². The third-order valence-electron chi connectivity index (χ3n) is 9.11. The lowest BCUT2D eigenvalue weighted by atomic mass is 10.0. The molecule has 2 N–H and O–H groups in total. The molecule has 0 aliphatic heterocycles. The van der Waals surface area contributed by atoms with Crippen LogP contribution in [0.15, 0.2) is 72.9 Å². The zero-order valence-corrected chi connectivity index (χ0v) is 34.1. The number of hydrogen-bond donors (Lipinski definition) is 2. The first-order chi connectivity index (χ1) is 26.0. The third-order valence-corrected chi connectivity index (χ3v) is 9.11. The van der Waals surface area contributed by atoms with Crippen LogP contribution in [0.4, 0.5) is 0 Å². The molecule has 0 saturated carbocycles. The molecule has 304 valence electrons. The van der Waals surface area contributed by atoms with Crippen molar-refractivity contribution in [3.05, 3.63) is 72.9 Å². The molecule has 0 heterocycles. The maximum absolute atomic E-state index is 12.2. The molecule has 6 nitrogen and oxygen atoms in total. The monoisotopic (exact) mass is 741 g/mol. The van der Waals surface area contributed by atoms with Gasteiger partial charge in [-0.05, 0) is 44.9 Å². The predicted octanol–water partition coefficient (Wildman–Crippen LogP) is 12.7. The van der Waals surface area contributed by atoms with Crippen LogP contribution < -0.4 is 0 Å². The first kappa shape index (κ1) is 50.3. The molecule has 0 bridgehead atoms. The van der Waals surface area contributed by atoms with Crippen LogP contribution in [0, 0.1) is 0 Å². The van der Waals surface area contributed by atoms with Crippen LogP contribution in [0.3, 0.4) is 0 Å². The van der Waals surface area contributed by atoms with Crippen molar-refractivity contribution in [1.82, 2.24) is 0 Å². The highest BCUT2D eigenvalue weighted by Crippen LogP contribution is 2.15. The van der Waals surface area contributed by atoms with E-state index >= 15 is 0 Å². The molecule has 0 spiro atoms. The second-order valence-corrected chi connectivity index (χ2v) is 14.2. The van der Waals surface area contributed by atoms with Crippen molar-refractivity contribution in [3.63, 3.8) is 0 Å². The number of unbranched alkanes of at least 4 members (excludes halogenated alkanes) is 18. The number of ether oxygens (including phenoxy) is 2. The Morgan fingerprint density at radius 2 is 1.04 bits per heavy atom. The molecule has 0 aromatic rings. The summed E-state index contributed by atoms with van der Waals surface area (Å²) in [5.74, 6) is -0.709. The summed E-state index contributed by atoms with van der Waals surface area (Å²) < 4.78 is 10.6. The maximum Gasteiger partial charge on any atom is 0.306 e. The zero-order chi connectivity index (χ0) is 38.7. The minimum Gasteiger partial charge on any atom is -0.462 e. The van der Waals surface area contributed by atoms with Crippen LogP contribution in [0.2, 0.25) is 0 Å². The lowest BCUT2D eigenvalue weighted by Gasteiger charge is -2.15. The normalized spacial score (nSPS) is 13.5. The number of allylic oxidation sites excluding steroid dienone is 10. The summed E-state index contributed by atoms with van der Waals surface area (Å²) in [7, 11) is 0. The summed E-state index contributed by atoms with van der Waals surface area (Å²) in [6, 6.07) is 0. The van der Waals surface area contributed by atoms with Gasteiger partial charge in [0.1, 0.15) is 6.61 Å². The maximum atomic E-state index is 12.2. The lowest BCUT2D eigenvalue weighted by molar-refractivity contribution is -0.161. The summed E-state index contributed by atoms with van der Waals surface area (Å²) in [6.07, 6.45) is 53.1. The number of aliphatic hydroxyl groups is 2. The van der Waals surface area contributed by atoms with E-state index in [0.29, 0.717) is 19.3 Å². The molecular weight excluding hydrogens is 661 g/mol. The molecule has 0 rings (SSSR count). The molecule has 2 atom stereocenters. The topological polar surface area (TPSA) is 93.1 Å². The van der Waals surface area contributed by atoms with E-state index in [0.717, 1.165) is 44.9 Å². The third kappa shape index (κ3) is 40.3. The minimum atomic E-state index is -0.814. The van der Waals surface area contributed by atoms with Crippen molar-refractivity contribution in [3.8, 4) is 0 Å². The van der Waals surface area contributed by atoms with Gasteiger partial charge in [-0.15, -0.1) is 0 Å². The van der Waals surface area contributed by atoms with Crippen molar-refractivity contribution in [2.75, 3.05) is 13.2 Å². The molecule has 0 aliphatic rings. The Balaban J connectivity index is 3.69. The molecule has 0 radical (unpaired) electrons. The Labute approximate surface area is 326 Å². The van der Waals surface area contributed by atoms with E-state index in [1.54, 1.807) is 6.08 Å². The number of carbonyl (C=O) groups excluding carboxylic acids is 2. The molecule has 6 heteroatoms. The van der Waals surface area contributed by atoms with Crippen LogP contribution in [0.1, 0.15) is 187 Å². The van der Waals surface area contributed by atoms with Crippen molar-refractivity contribution >= 4 is 11.9 Å². The highest BCUT2D eigenvalue weighted by molar-refractivity contribution is 5.70. The number of esters is 2. The van der Waals surface area contributed by atoms with Gasteiger partial charge in [0.25, 0.3) is 0 Å². The van der Waals surface area contributed by atoms with Gasteiger partial charge in [0.2, 0.25) is 0 Å². The summed E-state index contributed by atoms with van der Waals surface area (Å²) in [6.45, 7) is 3.87. The Bertz CT molecular complexity index is 991. The van der Waals surface area contributed by atoms with Crippen LogP contribution >= 0.6 is 0 Å². The quantitative estimate of drug-likeness (QED) is 0.0283. The van der Waals surface area contributed by atoms with Gasteiger partial charge in [-0.1, -0.05) is 202 Å². The largest absolute Gasteiger partial charge is 0.462 e. The van der Waals surface area contributed by atoms with Gasteiger partial charge in [0.15, 0.2) is 6.10 Å². The van der Waals surface area contributed by atoms with Crippen LogP contribution in [0.25, 0.3) is 0 Å². The molecular formula is C47H80O6. The van der Waals surface area contributed by atoms with Gasteiger partial charge in [0.05, 0.1) is 12.7 Å². The highest BCUT2D eigenvalue weighted by atomic mass is 16.6. The molecule has 0 saturated heterocycles. The summed E-state index contributed by atoms with van der Waals surface area (Å²) in [4.78, 5) is 24.3. The number of carbonyl (C=O) groups is 2. The van der Waals surface area contributed by atoms with Gasteiger partial charge in [-0.2, -0.15) is 0 Å². The second kappa shape index (κ2) is 42.0. The molecule has 53 heavy (non-hydrogen) atoms. The van der Waals surface area contributed by atoms with Crippen molar-refractivity contribution in [2.24, 2.45) is 0 Å². The van der Waals surface area contributed by atoms with Crippen LogP contribution in [-0.2, 0) is 19.1 Å². The average molecular weight is 741 g/mol. The summed E-state index contributed by atoms with van der Waals surface area (Å²) in [5.41, 5.74) is 0. The number of aliphatic hydroxyl groups excluding tert-OH is 2. The second-order valence-electron chi connectivity index (χ2n) is 14.2. The fourth-order valence-electron chi connectivity index (χ4n) is 5.84. The van der Waals surface area contributed by atoms with E-state index in [4.69, 9.17) is 9.47 Å². The molecule has 0 amide bonds. The fraction of sp³-hybridized carbons (Fsp3) is 0.702. The highest BCUT2D eigenvalue weighted by Gasteiger charge is 2.15. The predicted molar refractivity (Wildman–Crippen MR) is 225 cm³/mol. The smallest absolute Gasteiger partial charge is 0.306 e. The molecule has 0 aliphatic carbocycles.